The van der Waals surface area contributed by atoms with Gasteiger partial charge < -0.3 is 5.32 Å². The number of thiazole rings is 1. The molecule has 3 aromatic rings. The van der Waals surface area contributed by atoms with Crippen LogP contribution in [-0.4, -0.2) is 30.8 Å². The summed E-state index contributed by atoms with van der Waals surface area (Å²) >= 11 is 1.45. The predicted molar refractivity (Wildman–Crippen MR) is 96.3 cm³/mol. The number of carbonyl (C=O) groups is 1. The van der Waals surface area contributed by atoms with Crippen LogP contribution in [0.1, 0.15) is 23.9 Å². The van der Waals surface area contributed by atoms with Gasteiger partial charge in [0, 0.05) is 30.4 Å². The van der Waals surface area contributed by atoms with Crippen LogP contribution in [-0.2, 0) is 20.0 Å². The molecule has 25 heavy (non-hydrogen) atoms. The quantitative estimate of drug-likeness (QED) is 0.731. The average Bonchev–Trinajstić information content (AvgIpc) is 3.21. The molecule has 0 aliphatic rings. The van der Waals surface area contributed by atoms with Crippen molar-refractivity contribution in [1.29, 1.82) is 0 Å². The zero-order chi connectivity index (χ0) is 17.8. The summed E-state index contributed by atoms with van der Waals surface area (Å²) in [6, 6.07) is 1.47. The van der Waals surface area contributed by atoms with Crippen molar-refractivity contribution in [2.75, 3.05) is 5.32 Å². The zero-order valence-electron chi connectivity index (χ0n) is 14.3. The lowest BCUT2D eigenvalue weighted by atomic mass is 10.2. The highest BCUT2D eigenvalue weighted by Gasteiger charge is 2.14. The van der Waals surface area contributed by atoms with E-state index in [0.717, 1.165) is 28.4 Å². The molecule has 2 N–H and O–H groups in total. The molecule has 130 valence electrons. The maximum atomic E-state index is 12.2. The van der Waals surface area contributed by atoms with Crippen LogP contribution in [0.2, 0.25) is 0 Å². The summed E-state index contributed by atoms with van der Waals surface area (Å²) in [7, 11) is 1.81. The molecule has 2 amide bonds. The lowest BCUT2D eigenvalue weighted by molar-refractivity contribution is 0.251. The minimum absolute atomic E-state index is 0.292. The molecule has 3 rings (SSSR count). The minimum Gasteiger partial charge on any atom is -0.332 e. The predicted octanol–water partition coefficient (Wildman–Crippen LogP) is 2.53. The Balaban J connectivity index is 1.60. The number of urea groups is 1. The number of aromatic nitrogens is 5. The van der Waals surface area contributed by atoms with Gasteiger partial charge in [0.15, 0.2) is 10.8 Å². The van der Waals surface area contributed by atoms with E-state index in [1.165, 1.54) is 11.3 Å². The Morgan fingerprint density at radius 3 is 2.76 bits per heavy atom. The van der Waals surface area contributed by atoms with E-state index in [0.29, 0.717) is 18.2 Å². The molecule has 0 fully saturated rings. The van der Waals surface area contributed by atoms with Crippen molar-refractivity contribution in [3.05, 3.63) is 40.8 Å². The number of hydrogen-bond acceptors (Lipinski definition) is 6. The molecule has 0 aliphatic heterocycles. The van der Waals surface area contributed by atoms with E-state index in [1.54, 1.807) is 23.1 Å². The van der Waals surface area contributed by atoms with Crippen LogP contribution in [0, 0.1) is 6.92 Å². The number of nitrogens with zero attached hydrogens (tertiary/aromatic N) is 5. The topological polar surface area (TPSA) is 97.6 Å². The summed E-state index contributed by atoms with van der Waals surface area (Å²) in [6.45, 7) is 4.32. The van der Waals surface area contributed by atoms with Crippen molar-refractivity contribution in [1.82, 2.24) is 30.0 Å². The van der Waals surface area contributed by atoms with Crippen molar-refractivity contribution in [2.45, 2.75) is 26.8 Å². The van der Waals surface area contributed by atoms with Crippen LogP contribution >= 0.6 is 11.3 Å². The molecule has 0 unspecified atom stereocenters. The maximum Gasteiger partial charge on any atom is 0.320 e. The van der Waals surface area contributed by atoms with E-state index in [2.05, 4.69) is 30.7 Å². The summed E-state index contributed by atoms with van der Waals surface area (Å²) in [5.74, 6) is 1.28. The lowest BCUT2D eigenvalue weighted by Crippen LogP contribution is -2.29. The summed E-state index contributed by atoms with van der Waals surface area (Å²) in [5, 5.41) is 12.7. The molecule has 0 aliphatic carbocycles. The zero-order valence-corrected chi connectivity index (χ0v) is 15.1. The minimum atomic E-state index is -0.292. The fourth-order valence-corrected chi connectivity index (χ4v) is 3.18. The molecule has 0 saturated heterocycles. The molecule has 0 saturated carbocycles. The Bertz CT molecular complexity index is 872. The van der Waals surface area contributed by atoms with Crippen LogP contribution in [0.15, 0.2) is 23.8 Å². The maximum absolute atomic E-state index is 12.2. The van der Waals surface area contributed by atoms with Gasteiger partial charge >= 0.3 is 6.03 Å². The monoisotopic (exact) mass is 357 g/mol. The van der Waals surface area contributed by atoms with Crippen LogP contribution < -0.4 is 10.6 Å². The number of aryl methyl sites for hydroxylation is 2. The molecule has 0 radical (unpaired) electrons. The highest BCUT2D eigenvalue weighted by molar-refractivity contribution is 7.13. The number of hydrogen-bond donors (Lipinski definition) is 2. The summed E-state index contributed by atoms with van der Waals surface area (Å²) in [6.07, 6.45) is 4.18. The Hall–Kier alpha value is -2.81. The first-order chi connectivity index (χ1) is 12.1. The number of carbonyl (C=O) groups excluding carboxylic acids is 1. The Kier molecular flexibility index (Phi) is 5.03. The highest BCUT2D eigenvalue weighted by Crippen LogP contribution is 2.20. The summed E-state index contributed by atoms with van der Waals surface area (Å²) in [4.78, 5) is 24.9. The smallest absolute Gasteiger partial charge is 0.320 e. The molecule has 9 heteroatoms. The van der Waals surface area contributed by atoms with Crippen LogP contribution in [0.3, 0.4) is 0 Å². The van der Waals surface area contributed by atoms with Crippen LogP contribution in [0.25, 0.3) is 10.8 Å². The van der Waals surface area contributed by atoms with Crippen molar-refractivity contribution >= 4 is 23.2 Å². The fourth-order valence-electron chi connectivity index (χ4n) is 2.42. The molecular weight excluding hydrogens is 338 g/mol. The normalized spacial score (nSPS) is 10.7. The van der Waals surface area contributed by atoms with E-state index in [9.17, 15) is 4.79 Å². The molecule has 0 spiro atoms. The third kappa shape index (κ3) is 3.82. The van der Waals surface area contributed by atoms with Crippen LogP contribution in [0.4, 0.5) is 10.6 Å². The van der Waals surface area contributed by atoms with Gasteiger partial charge in [-0.2, -0.15) is 5.10 Å². The van der Waals surface area contributed by atoms with Gasteiger partial charge in [0.25, 0.3) is 0 Å². The van der Waals surface area contributed by atoms with Gasteiger partial charge in [-0.15, -0.1) is 11.3 Å². The molecule has 3 heterocycles. The number of rotatable bonds is 5. The van der Waals surface area contributed by atoms with E-state index >= 15 is 0 Å². The van der Waals surface area contributed by atoms with Crippen molar-refractivity contribution in [3.8, 4) is 10.8 Å². The van der Waals surface area contributed by atoms with Crippen molar-refractivity contribution < 1.29 is 4.79 Å². The van der Waals surface area contributed by atoms with Gasteiger partial charge in [0.05, 0.1) is 17.9 Å². The van der Waals surface area contributed by atoms with Gasteiger partial charge in [-0.3, -0.25) is 10.00 Å². The Morgan fingerprint density at radius 2 is 2.08 bits per heavy atom. The average molecular weight is 357 g/mol. The molecule has 0 bridgehead atoms. The van der Waals surface area contributed by atoms with Gasteiger partial charge in [0.2, 0.25) is 0 Å². The van der Waals surface area contributed by atoms with E-state index in [4.69, 9.17) is 0 Å². The fraction of sp³-hybridized carbons (Fsp3) is 0.312. The molecular formula is C16H19N7OS. The van der Waals surface area contributed by atoms with Gasteiger partial charge in [0.1, 0.15) is 5.82 Å². The Labute approximate surface area is 149 Å². The van der Waals surface area contributed by atoms with Gasteiger partial charge in [-0.1, -0.05) is 6.92 Å². The second kappa shape index (κ2) is 7.39. The number of amides is 2. The molecule has 0 atom stereocenters. The first-order valence-corrected chi connectivity index (χ1v) is 8.75. The van der Waals surface area contributed by atoms with Crippen molar-refractivity contribution in [2.24, 2.45) is 7.05 Å². The Morgan fingerprint density at radius 1 is 1.32 bits per heavy atom. The summed E-state index contributed by atoms with van der Waals surface area (Å²) in [5.41, 5.74) is 2.72. The second-order valence-corrected chi connectivity index (χ2v) is 6.28. The van der Waals surface area contributed by atoms with Gasteiger partial charge in [-0.05, 0) is 19.4 Å². The largest absolute Gasteiger partial charge is 0.332 e. The molecule has 8 nitrogen and oxygen atoms in total. The SMILES string of the molecule is CCc1nn(C)c(NC(=O)NCc2csc(-c3ncccn3)n2)c1C. The number of nitrogens with one attached hydrogen (secondary N) is 2. The standard InChI is InChI=1S/C16H19N7OS/c1-4-12-10(2)14(23(3)22-12)21-16(24)19-8-11-9-25-15(20-11)13-17-6-5-7-18-13/h5-7,9H,4,8H2,1-3H3,(H2,19,21,24). The van der Waals surface area contributed by atoms with Gasteiger partial charge in [-0.25, -0.2) is 19.7 Å². The highest BCUT2D eigenvalue weighted by atomic mass is 32.1. The lowest BCUT2D eigenvalue weighted by Gasteiger charge is -2.07. The number of anilines is 1. The third-order valence-electron chi connectivity index (χ3n) is 3.69. The van der Waals surface area contributed by atoms with E-state index in [-0.39, 0.29) is 6.03 Å². The van der Waals surface area contributed by atoms with E-state index < -0.39 is 0 Å². The first-order valence-electron chi connectivity index (χ1n) is 7.87. The molecule has 3 aromatic heterocycles. The summed E-state index contributed by atoms with van der Waals surface area (Å²) < 4.78 is 1.68. The van der Waals surface area contributed by atoms with Crippen molar-refractivity contribution in [3.63, 3.8) is 0 Å². The third-order valence-corrected chi connectivity index (χ3v) is 4.58. The first kappa shape index (κ1) is 17.0. The second-order valence-electron chi connectivity index (χ2n) is 5.42. The van der Waals surface area contributed by atoms with E-state index in [1.807, 2.05) is 26.3 Å². The van der Waals surface area contributed by atoms with Crippen LogP contribution in [0.5, 0.6) is 0 Å². The molecule has 0 aromatic carbocycles.